The van der Waals surface area contributed by atoms with Gasteiger partial charge in [-0.05, 0) is 78.9 Å². The second-order valence-corrected chi connectivity index (χ2v) is 25.8. The molecule has 0 saturated carbocycles. The van der Waals surface area contributed by atoms with Gasteiger partial charge in [0.05, 0.1) is 44.5 Å². The molecule has 9 atom stereocenters. The van der Waals surface area contributed by atoms with Crippen molar-refractivity contribution in [3.05, 3.63) is 141 Å². The van der Waals surface area contributed by atoms with Gasteiger partial charge in [-0.25, -0.2) is 43.2 Å². The molecule has 48 nitrogen and oxygen atoms in total. The van der Waals surface area contributed by atoms with Crippen LogP contribution in [-0.4, -0.2) is 266 Å². The molecule has 27 N–H and O–H groups in total. The summed E-state index contributed by atoms with van der Waals surface area (Å²) in [6.45, 7) is -3.36. The average molecular weight is 1730 g/mol. The lowest BCUT2D eigenvalue weighted by Gasteiger charge is -2.43. The fraction of sp³-hybridized carbons (Fsp3) is 0.147. The number of carbonyl (C=O) groups is 10. The van der Waals surface area contributed by atoms with Crippen LogP contribution >= 0.6 is 0 Å². The lowest BCUT2D eigenvalue weighted by atomic mass is 9.91. The molecule has 2 heterocycles. The van der Waals surface area contributed by atoms with Crippen LogP contribution in [0.25, 0.3) is 11.1 Å². The smallest absolute Gasteiger partial charge is 0.342 e. The monoisotopic (exact) mass is 1720 g/mol. The molecular formula is C75H56O48. The van der Waals surface area contributed by atoms with Gasteiger partial charge < -0.3 is 190 Å². The third-order valence-corrected chi connectivity index (χ3v) is 17.9. The van der Waals surface area contributed by atoms with Crippen molar-refractivity contribution in [2.75, 3.05) is 13.2 Å². The minimum absolute atomic E-state index is 0.0518. The molecule has 644 valence electrons. The third-order valence-electron chi connectivity index (χ3n) is 17.9. The zero-order valence-corrected chi connectivity index (χ0v) is 60.5. The second-order valence-electron chi connectivity index (χ2n) is 25.8. The molecule has 1 fully saturated rings. The van der Waals surface area contributed by atoms with Crippen molar-refractivity contribution in [3.63, 3.8) is 0 Å². The van der Waals surface area contributed by atoms with Gasteiger partial charge in [0.25, 0.3) is 0 Å². The van der Waals surface area contributed by atoms with Crippen molar-refractivity contribution >= 4 is 60.0 Å². The van der Waals surface area contributed by atoms with E-state index in [0.29, 0.717) is 72.8 Å². The minimum Gasteiger partial charge on any atom is -0.504 e. The zero-order valence-electron chi connectivity index (χ0n) is 60.5. The first-order chi connectivity index (χ1) is 57.8. The fourth-order valence-electron chi connectivity index (χ4n) is 11.8. The molecule has 0 spiro atoms. The number of hydrogen-bond donors (Lipinski definition) is 27. The van der Waals surface area contributed by atoms with Crippen LogP contribution in [0.5, 0.6) is 161 Å². The number of ether oxygens (including phenoxy) is 11. The van der Waals surface area contributed by atoms with E-state index in [2.05, 4.69) is 0 Å². The van der Waals surface area contributed by atoms with Crippen LogP contribution in [-0.2, 0) is 52.2 Å². The molecule has 0 radical (unpaired) electrons. The summed E-state index contributed by atoms with van der Waals surface area (Å²) in [5.74, 6) is -57.7. The number of aldehydes is 1. The van der Waals surface area contributed by atoms with Gasteiger partial charge >= 0.3 is 53.7 Å². The summed E-state index contributed by atoms with van der Waals surface area (Å²) >= 11 is 0. The fourth-order valence-corrected chi connectivity index (χ4v) is 11.8. The lowest BCUT2D eigenvalue weighted by Crippen LogP contribution is -2.63. The molecule has 123 heavy (non-hydrogen) atoms. The zero-order chi connectivity index (χ0) is 90.4. The maximum Gasteiger partial charge on any atom is 0.342 e. The number of aliphatic hydroxyl groups excluding tert-OH is 1. The number of benzene rings is 9. The quantitative estimate of drug-likeness (QED) is 0.0213. The van der Waals surface area contributed by atoms with Crippen LogP contribution in [0.15, 0.2) is 91.0 Å². The van der Waals surface area contributed by atoms with Gasteiger partial charge in [0.1, 0.15) is 31.0 Å². The van der Waals surface area contributed by atoms with Gasteiger partial charge in [0, 0.05) is 23.3 Å². The van der Waals surface area contributed by atoms with Gasteiger partial charge in [-0.2, -0.15) is 0 Å². The molecule has 11 rings (SSSR count). The second kappa shape index (κ2) is 33.5. The summed E-state index contributed by atoms with van der Waals surface area (Å²) in [5.41, 5.74) is -13.4. The number of rotatable bonds is 21. The molecule has 0 amide bonds. The van der Waals surface area contributed by atoms with E-state index >= 15 is 14.4 Å². The number of phenols is 26. The molecule has 0 bridgehead atoms. The predicted molar refractivity (Wildman–Crippen MR) is 382 cm³/mol. The van der Waals surface area contributed by atoms with Crippen LogP contribution in [0.3, 0.4) is 0 Å². The van der Waals surface area contributed by atoms with Gasteiger partial charge in [-0.15, -0.1) is 0 Å². The van der Waals surface area contributed by atoms with Crippen molar-refractivity contribution in [1.29, 1.82) is 0 Å². The molecule has 9 aromatic rings. The molecule has 48 heteroatoms. The number of hydrogen-bond acceptors (Lipinski definition) is 48. The molecule has 9 unspecified atom stereocenters. The number of esters is 9. The van der Waals surface area contributed by atoms with E-state index in [1.807, 2.05) is 0 Å². The highest BCUT2D eigenvalue weighted by Crippen LogP contribution is 2.56. The van der Waals surface area contributed by atoms with E-state index in [-0.39, 0.29) is 18.2 Å². The number of aliphatic hydroxyl groups is 1. The van der Waals surface area contributed by atoms with Crippen LogP contribution < -0.4 is 4.74 Å². The summed E-state index contributed by atoms with van der Waals surface area (Å²) in [5, 5.41) is 289. The van der Waals surface area contributed by atoms with Crippen LogP contribution in [0, 0.1) is 0 Å². The number of carbonyl (C=O) groups excluding carboxylic acids is 10. The largest absolute Gasteiger partial charge is 0.504 e. The molecule has 0 aromatic heterocycles. The van der Waals surface area contributed by atoms with E-state index in [1.54, 1.807) is 0 Å². The number of phenolic OH excluding ortho intramolecular Hbond substituents is 26. The molecule has 1 saturated heterocycles. The lowest BCUT2D eigenvalue weighted by molar-refractivity contribution is -0.282. The number of cyclic esters (lactones) is 1. The standard InChI is InChI=1S/C75H56O48/c76-16-44(116-67(105)20-3-30(79)49(93)31(80)4-20)62(119-68(106)21-5-32(81)50(94)33(82)6-21)61(42(91)17-113-66(104)19-1-28(77)48(92)29(78)2-19)118-74(112)27-14-41(90)55(99)59(103)60(27)115-43-15-26-47(58(102)56(43)100)46-25(13-40(89)54(98)57(46)101)73(111)120-63-45(18-114-72(26)110)117-75(123-71(109)24-11-38(87)53(97)39(88)12-24)65(122-70(108)23-9-36(85)52(96)37(86)10-23)64(63)121-69(107)22-7-34(83)51(95)35(84)8-22/h1-16,42,44-45,61-65,75,77-103H,17-18H2. The molecular weight excluding hydrogens is 1670 g/mol. The highest BCUT2D eigenvalue weighted by atomic mass is 16.8. The van der Waals surface area contributed by atoms with Crippen molar-refractivity contribution in [1.82, 2.24) is 0 Å². The molecule has 0 aliphatic carbocycles. The highest BCUT2D eigenvalue weighted by molar-refractivity contribution is 6.09. The Morgan fingerprint density at radius 3 is 1.15 bits per heavy atom. The first-order valence-corrected chi connectivity index (χ1v) is 33.7. The molecule has 9 aromatic carbocycles. The summed E-state index contributed by atoms with van der Waals surface area (Å²) < 4.78 is 60.9. The minimum atomic E-state index is -3.15. The topological polar surface area (TPSA) is 818 Å². The van der Waals surface area contributed by atoms with Crippen molar-refractivity contribution in [2.24, 2.45) is 0 Å². The van der Waals surface area contributed by atoms with E-state index in [4.69, 9.17) is 52.1 Å². The van der Waals surface area contributed by atoms with Crippen LogP contribution in [0.2, 0.25) is 0 Å². The van der Waals surface area contributed by atoms with Crippen LogP contribution in [0.4, 0.5) is 0 Å². The Bertz CT molecular complexity index is 5790. The normalized spacial score (nSPS) is 16.4. The van der Waals surface area contributed by atoms with Gasteiger partial charge in [0.15, 0.2) is 175 Å². The van der Waals surface area contributed by atoms with E-state index < -0.39 is 351 Å². The van der Waals surface area contributed by atoms with Gasteiger partial charge in [-0.3, -0.25) is 4.79 Å². The van der Waals surface area contributed by atoms with Crippen molar-refractivity contribution in [2.45, 2.75) is 55.1 Å². The van der Waals surface area contributed by atoms with Gasteiger partial charge in [-0.1, -0.05) is 0 Å². The highest BCUT2D eigenvalue weighted by Gasteiger charge is 2.56. The Morgan fingerprint density at radius 1 is 0.366 bits per heavy atom. The maximum absolute atomic E-state index is 15.2. The average Bonchev–Trinajstić information content (AvgIpc) is 1.71. The van der Waals surface area contributed by atoms with Gasteiger partial charge in [0.2, 0.25) is 35.4 Å². The van der Waals surface area contributed by atoms with Crippen molar-refractivity contribution in [3.8, 4) is 172 Å². The number of fused-ring (bicyclic) bond motifs is 4. The third kappa shape index (κ3) is 16.9. The Labute approximate surface area is 677 Å². The first-order valence-electron chi connectivity index (χ1n) is 33.7. The summed E-state index contributed by atoms with van der Waals surface area (Å²) in [6.07, 6.45) is -26.5. The first kappa shape index (κ1) is 86.3. The summed E-state index contributed by atoms with van der Waals surface area (Å²) in [7, 11) is 0. The predicted octanol–water partition coefficient (Wildman–Crippen LogP) is 2.61. The molecule has 2 aliphatic rings. The summed E-state index contributed by atoms with van der Waals surface area (Å²) in [6, 6.07) is 5.31. The maximum atomic E-state index is 15.2. The van der Waals surface area contributed by atoms with Crippen molar-refractivity contribution < 1.29 is 238 Å². The Kier molecular flexibility index (Phi) is 23.5. The summed E-state index contributed by atoms with van der Waals surface area (Å²) in [4.78, 5) is 143. The van der Waals surface area contributed by atoms with E-state index in [9.17, 15) is 171 Å². The molecule has 2 aliphatic heterocycles. The Balaban J connectivity index is 1.05. The van der Waals surface area contributed by atoms with E-state index in [0.717, 1.165) is 0 Å². The SMILES string of the molecule is O=CC(OC(=O)c1cc(O)c(O)c(O)c1)C(OC(=O)c1cc(O)c(O)c(O)c1)C(OC(=O)c1cc(O)c(O)c(O)c1Oc1cc2c(c(O)c1O)-c1c(cc(O)c(O)c1O)C(=O)OC1C(COC2=O)OC(OC(=O)c2cc(O)c(O)c(O)c2)C(OC(=O)c2cc(O)c(O)c(O)c2)C1OC(=O)c1cc(O)c(O)c(O)c1)C(O)COC(=O)c1cc(O)c(O)c(O)c1. The Hall–Kier alpha value is -17.6. The van der Waals surface area contributed by atoms with E-state index in [1.165, 1.54) is 0 Å². The number of aromatic hydroxyl groups is 26. The van der Waals surface area contributed by atoms with Crippen LogP contribution in [0.1, 0.15) is 93.2 Å². The Morgan fingerprint density at radius 2 is 0.715 bits per heavy atom.